The molecule has 58 valence electrons. The quantitative estimate of drug-likeness (QED) is 0.642. The van der Waals surface area contributed by atoms with Crippen LogP contribution in [0.5, 0.6) is 0 Å². The summed E-state index contributed by atoms with van der Waals surface area (Å²) in [5.41, 5.74) is 0. The van der Waals surface area contributed by atoms with Crippen molar-refractivity contribution in [3.05, 3.63) is 5.82 Å². The summed E-state index contributed by atoms with van der Waals surface area (Å²) in [5, 5.41) is 0. The Kier molecular flexibility index (Phi) is 2.15. The van der Waals surface area contributed by atoms with Gasteiger partial charge in [-0.15, -0.1) is 0 Å². The van der Waals surface area contributed by atoms with Crippen LogP contribution in [-0.2, 0) is 0 Å². The highest BCUT2D eigenvalue weighted by atomic mass is 15.1. The molecule has 0 bridgehead atoms. The molecule has 0 aliphatic carbocycles. The minimum atomic E-state index is 0.556. The van der Waals surface area contributed by atoms with Gasteiger partial charge in [-0.3, -0.25) is 0 Å². The molecule has 0 saturated carbocycles. The molecular formula is C7H10N4. The summed E-state index contributed by atoms with van der Waals surface area (Å²) in [6, 6.07) is 0. The van der Waals surface area contributed by atoms with Crippen LogP contribution in [0, 0.1) is 6.92 Å². The lowest BCUT2D eigenvalue weighted by atomic mass is 10.6. The van der Waals surface area contributed by atoms with Crippen LogP contribution in [0.15, 0.2) is 9.98 Å². The van der Waals surface area contributed by atoms with Crippen molar-refractivity contribution in [3.63, 3.8) is 0 Å². The van der Waals surface area contributed by atoms with Gasteiger partial charge in [-0.1, -0.05) is 0 Å². The summed E-state index contributed by atoms with van der Waals surface area (Å²) in [4.78, 5) is 14.7. The molecular weight excluding hydrogens is 140 g/mol. The number of hydrogen-bond acceptors (Lipinski definition) is 3. The van der Waals surface area contributed by atoms with Gasteiger partial charge < -0.3 is 4.98 Å². The summed E-state index contributed by atoms with van der Waals surface area (Å²) in [6.45, 7) is 7.07. The van der Waals surface area contributed by atoms with E-state index in [4.69, 9.17) is 0 Å². The van der Waals surface area contributed by atoms with Crippen LogP contribution in [0.2, 0.25) is 0 Å². The molecule has 4 heteroatoms. The minimum Gasteiger partial charge on any atom is -0.325 e. The van der Waals surface area contributed by atoms with Gasteiger partial charge in [0.05, 0.1) is 0 Å². The molecule has 0 amide bonds. The maximum atomic E-state index is 4.05. The van der Waals surface area contributed by atoms with Crippen molar-refractivity contribution in [2.75, 3.05) is 0 Å². The van der Waals surface area contributed by atoms with E-state index in [-0.39, 0.29) is 0 Å². The Labute approximate surface area is 65.1 Å². The zero-order valence-corrected chi connectivity index (χ0v) is 6.63. The van der Waals surface area contributed by atoms with Crippen LogP contribution in [0.4, 0.5) is 11.6 Å². The van der Waals surface area contributed by atoms with Gasteiger partial charge in [0, 0.05) is 6.21 Å². The number of hydrogen-bond donors (Lipinski definition) is 1. The molecule has 1 rings (SSSR count). The lowest BCUT2D eigenvalue weighted by Gasteiger charge is -1.84. The predicted octanol–water partition coefficient (Wildman–Crippen LogP) is 1.77. The van der Waals surface area contributed by atoms with Crippen LogP contribution in [-0.4, -0.2) is 22.9 Å². The van der Waals surface area contributed by atoms with Crippen LogP contribution in [0.25, 0.3) is 0 Å². The van der Waals surface area contributed by atoms with Gasteiger partial charge in [-0.2, -0.15) is 0 Å². The molecule has 0 radical (unpaired) electrons. The minimum absolute atomic E-state index is 0.556. The Balaban J connectivity index is 3.11. The maximum absolute atomic E-state index is 4.05. The topological polar surface area (TPSA) is 53.4 Å². The fourth-order valence-electron chi connectivity index (χ4n) is 0.796. The average Bonchev–Trinajstić information content (AvgIpc) is 2.32. The van der Waals surface area contributed by atoms with Gasteiger partial charge in [-0.05, 0) is 20.6 Å². The second kappa shape index (κ2) is 3.09. The first-order chi connectivity index (χ1) is 5.27. The monoisotopic (exact) mass is 150 g/mol. The number of rotatable bonds is 2. The maximum Gasteiger partial charge on any atom is 0.196 e. The zero-order chi connectivity index (χ0) is 8.27. The average molecular weight is 150 g/mol. The molecule has 0 aromatic carbocycles. The molecule has 0 atom stereocenters. The summed E-state index contributed by atoms with van der Waals surface area (Å²) in [6.07, 6.45) is 1.68. The third kappa shape index (κ3) is 1.52. The lowest BCUT2D eigenvalue weighted by molar-refractivity contribution is 1.14. The summed E-state index contributed by atoms with van der Waals surface area (Å²) in [7, 11) is 0. The number of aryl methyl sites for hydroxylation is 1. The molecule has 0 aliphatic rings. The van der Waals surface area contributed by atoms with Gasteiger partial charge in [0.2, 0.25) is 0 Å². The first kappa shape index (κ1) is 7.65. The van der Waals surface area contributed by atoms with Crippen molar-refractivity contribution < 1.29 is 0 Å². The second-order valence-corrected chi connectivity index (χ2v) is 2.04. The summed E-state index contributed by atoms with van der Waals surface area (Å²) in [5.74, 6) is 2.02. The van der Waals surface area contributed by atoms with Crippen LogP contribution >= 0.6 is 0 Å². The molecule has 0 spiro atoms. The van der Waals surface area contributed by atoms with E-state index in [9.17, 15) is 0 Å². The van der Waals surface area contributed by atoms with E-state index in [0.29, 0.717) is 11.6 Å². The number of aliphatic imine (C=N–C) groups is 2. The Morgan fingerprint density at radius 3 is 2.91 bits per heavy atom. The fourth-order valence-corrected chi connectivity index (χ4v) is 0.796. The third-order valence-corrected chi connectivity index (χ3v) is 1.19. The molecule has 0 saturated heterocycles. The summed E-state index contributed by atoms with van der Waals surface area (Å²) < 4.78 is 0. The Morgan fingerprint density at radius 1 is 1.64 bits per heavy atom. The van der Waals surface area contributed by atoms with Gasteiger partial charge in [-0.25, -0.2) is 15.0 Å². The highest BCUT2D eigenvalue weighted by Gasteiger charge is 2.02. The van der Waals surface area contributed by atoms with Crippen molar-refractivity contribution >= 4 is 24.6 Å². The van der Waals surface area contributed by atoms with E-state index in [1.54, 1.807) is 6.21 Å². The predicted molar refractivity (Wildman–Crippen MR) is 46.4 cm³/mol. The molecule has 4 nitrogen and oxygen atoms in total. The highest BCUT2D eigenvalue weighted by Crippen LogP contribution is 2.22. The van der Waals surface area contributed by atoms with Crippen LogP contribution in [0.3, 0.4) is 0 Å². The third-order valence-electron chi connectivity index (χ3n) is 1.19. The number of aromatic amines is 1. The van der Waals surface area contributed by atoms with E-state index in [0.717, 1.165) is 5.82 Å². The molecule has 1 aromatic rings. The Hall–Kier alpha value is -1.45. The number of nitrogens with zero attached hydrogens (tertiary/aromatic N) is 3. The molecule has 1 heterocycles. The van der Waals surface area contributed by atoms with Crippen molar-refractivity contribution in [1.82, 2.24) is 9.97 Å². The van der Waals surface area contributed by atoms with Gasteiger partial charge >= 0.3 is 0 Å². The van der Waals surface area contributed by atoms with Crippen LogP contribution in [0.1, 0.15) is 12.7 Å². The molecule has 0 unspecified atom stereocenters. The number of nitrogens with one attached hydrogen (secondary N) is 1. The highest BCUT2D eigenvalue weighted by molar-refractivity contribution is 5.65. The zero-order valence-electron chi connectivity index (χ0n) is 6.63. The first-order valence-electron chi connectivity index (χ1n) is 3.30. The van der Waals surface area contributed by atoms with E-state index in [1.807, 2.05) is 13.8 Å². The number of imidazole rings is 1. The van der Waals surface area contributed by atoms with Crippen LogP contribution < -0.4 is 0 Å². The van der Waals surface area contributed by atoms with Gasteiger partial charge in [0.1, 0.15) is 5.82 Å². The molecule has 0 fully saturated rings. The normalized spacial score (nSPS) is 10.7. The molecule has 1 N–H and O–H groups in total. The standard InChI is InChI=1S/C7H10N4/c1-4-9-7-6(8-3)10-5(2)11-7/h4H,3H2,1-2H3,(H,10,11)/b9-4-. The smallest absolute Gasteiger partial charge is 0.196 e. The molecule has 1 aromatic heterocycles. The Bertz CT molecular complexity index is 285. The van der Waals surface area contributed by atoms with Crippen molar-refractivity contribution in [2.24, 2.45) is 9.98 Å². The molecule has 0 aliphatic heterocycles. The largest absolute Gasteiger partial charge is 0.325 e. The van der Waals surface area contributed by atoms with E-state index < -0.39 is 0 Å². The van der Waals surface area contributed by atoms with Crippen molar-refractivity contribution in [2.45, 2.75) is 13.8 Å². The fraction of sp³-hybridized carbons (Fsp3) is 0.286. The first-order valence-corrected chi connectivity index (χ1v) is 3.30. The number of H-pyrrole nitrogens is 1. The summed E-state index contributed by atoms with van der Waals surface area (Å²) >= 11 is 0. The van der Waals surface area contributed by atoms with E-state index in [1.165, 1.54) is 0 Å². The Morgan fingerprint density at radius 2 is 2.36 bits per heavy atom. The molecule has 11 heavy (non-hydrogen) atoms. The van der Waals surface area contributed by atoms with Gasteiger partial charge in [0.25, 0.3) is 0 Å². The van der Waals surface area contributed by atoms with E-state index in [2.05, 4.69) is 26.7 Å². The van der Waals surface area contributed by atoms with Gasteiger partial charge in [0.15, 0.2) is 11.6 Å². The van der Waals surface area contributed by atoms with Crippen molar-refractivity contribution in [1.29, 1.82) is 0 Å². The number of aromatic nitrogens is 2. The lowest BCUT2D eigenvalue weighted by Crippen LogP contribution is -1.68. The second-order valence-electron chi connectivity index (χ2n) is 2.04. The van der Waals surface area contributed by atoms with E-state index >= 15 is 0 Å². The SMILES string of the molecule is C=Nc1nc(C)[nH]c1/N=C\C. The van der Waals surface area contributed by atoms with Crippen molar-refractivity contribution in [3.8, 4) is 0 Å².